The SMILES string of the molecule is O=S=NS(=O)(=O)c1cccc(C(F)(F)F)c1-c1ccccc1. The highest BCUT2D eigenvalue weighted by Gasteiger charge is 2.36. The second-order valence-electron chi connectivity index (χ2n) is 4.17. The van der Waals surface area contributed by atoms with Gasteiger partial charge in [0.1, 0.15) is 0 Å². The third kappa shape index (κ3) is 3.25. The molecular formula is C13H8F3NO3S2. The summed E-state index contributed by atoms with van der Waals surface area (Å²) in [5, 5.41) is 0. The number of rotatable bonds is 3. The highest BCUT2D eigenvalue weighted by molar-refractivity contribution is 7.93. The van der Waals surface area contributed by atoms with Gasteiger partial charge < -0.3 is 0 Å². The molecule has 0 N–H and O–H groups in total. The van der Waals surface area contributed by atoms with E-state index in [1.807, 2.05) is 0 Å². The molecule has 0 aliphatic carbocycles. The molecule has 0 atom stereocenters. The van der Waals surface area contributed by atoms with E-state index < -0.39 is 43.7 Å². The van der Waals surface area contributed by atoms with E-state index >= 15 is 0 Å². The number of nitrogens with zero attached hydrogens (tertiary/aromatic N) is 1. The van der Waals surface area contributed by atoms with Crippen LogP contribution in [-0.4, -0.2) is 12.6 Å². The first-order valence-electron chi connectivity index (χ1n) is 5.79. The summed E-state index contributed by atoms with van der Waals surface area (Å²) in [5.74, 6) is 0. The number of benzene rings is 2. The third-order valence-electron chi connectivity index (χ3n) is 2.80. The van der Waals surface area contributed by atoms with Gasteiger partial charge in [-0.05, 0) is 17.7 Å². The molecule has 0 unspecified atom stereocenters. The Morgan fingerprint density at radius 2 is 1.59 bits per heavy atom. The lowest BCUT2D eigenvalue weighted by Gasteiger charge is -2.15. The molecule has 0 aliphatic heterocycles. The van der Waals surface area contributed by atoms with Crippen molar-refractivity contribution in [1.29, 1.82) is 0 Å². The van der Waals surface area contributed by atoms with Crippen molar-refractivity contribution in [2.45, 2.75) is 11.1 Å². The van der Waals surface area contributed by atoms with Crippen molar-refractivity contribution < 1.29 is 25.8 Å². The van der Waals surface area contributed by atoms with Gasteiger partial charge in [0.2, 0.25) is 11.5 Å². The molecule has 4 nitrogen and oxygen atoms in total. The van der Waals surface area contributed by atoms with Crippen molar-refractivity contribution in [1.82, 2.24) is 0 Å². The lowest BCUT2D eigenvalue weighted by atomic mass is 9.99. The topological polar surface area (TPSA) is 63.6 Å². The highest BCUT2D eigenvalue weighted by Crippen LogP contribution is 2.40. The first-order chi connectivity index (χ1) is 10.3. The number of hydrogen-bond acceptors (Lipinski definition) is 3. The maximum atomic E-state index is 13.2. The van der Waals surface area contributed by atoms with E-state index in [0.717, 1.165) is 18.2 Å². The number of hydrogen-bond donors (Lipinski definition) is 0. The van der Waals surface area contributed by atoms with Gasteiger partial charge in [0.15, 0.2) is 0 Å². The molecule has 0 aliphatic rings. The quantitative estimate of drug-likeness (QED) is 0.854. The molecule has 22 heavy (non-hydrogen) atoms. The molecule has 0 aromatic heterocycles. The molecule has 2 aromatic carbocycles. The number of alkyl halides is 3. The van der Waals surface area contributed by atoms with E-state index in [-0.39, 0.29) is 5.56 Å². The normalized spacial score (nSPS) is 12.0. The molecule has 0 radical (unpaired) electrons. The zero-order chi connectivity index (χ0) is 16.4. The molecule has 2 aromatic rings. The van der Waals surface area contributed by atoms with E-state index in [1.54, 1.807) is 6.07 Å². The summed E-state index contributed by atoms with van der Waals surface area (Å²) >= 11 is -0.574. The van der Waals surface area contributed by atoms with Crippen molar-refractivity contribution in [3.05, 3.63) is 54.1 Å². The van der Waals surface area contributed by atoms with E-state index in [2.05, 4.69) is 3.77 Å². The average Bonchev–Trinajstić information content (AvgIpc) is 2.46. The van der Waals surface area contributed by atoms with Crippen LogP contribution in [0.15, 0.2) is 57.2 Å². The Bertz CT molecular complexity index is 843. The summed E-state index contributed by atoms with van der Waals surface area (Å²) in [4.78, 5) is -0.656. The van der Waals surface area contributed by atoms with Gasteiger partial charge in [0.05, 0.1) is 10.5 Å². The van der Waals surface area contributed by atoms with E-state index in [1.165, 1.54) is 24.3 Å². The van der Waals surface area contributed by atoms with Gasteiger partial charge in [-0.25, -0.2) is 0 Å². The van der Waals surface area contributed by atoms with Crippen molar-refractivity contribution in [2.75, 3.05) is 0 Å². The smallest absolute Gasteiger partial charge is 0.198 e. The first-order valence-corrected chi connectivity index (χ1v) is 7.93. The zero-order valence-electron chi connectivity index (χ0n) is 10.7. The van der Waals surface area contributed by atoms with E-state index in [9.17, 15) is 25.8 Å². The van der Waals surface area contributed by atoms with Crippen LogP contribution >= 0.6 is 0 Å². The van der Waals surface area contributed by atoms with Gasteiger partial charge in [0, 0.05) is 5.56 Å². The van der Waals surface area contributed by atoms with Gasteiger partial charge in [-0.2, -0.15) is 25.8 Å². The maximum absolute atomic E-state index is 13.2. The molecule has 0 fully saturated rings. The van der Waals surface area contributed by atoms with E-state index in [0.29, 0.717) is 0 Å². The fraction of sp³-hybridized carbons (Fsp3) is 0.0769. The average molecular weight is 347 g/mol. The summed E-state index contributed by atoms with van der Waals surface area (Å²) in [7, 11) is -4.50. The lowest BCUT2D eigenvalue weighted by molar-refractivity contribution is -0.137. The summed E-state index contributed by atoms with van der Waals surface area (Å²) in [6, 6.07) is 10.0. The van der Waals surface area contributed by atoms with Crippen LogP contribution in [0.25, 0.3) is 11.1 Å². The van der Waals surface area contributed by atoms with Crippen LogP contribution in [0.1, 0.15) is 5.56 Å². The van der Waals surface area contributed by atoms with Crippen LogP contribution in [0.3, 0.4) is 0 Å². The minimum Gasteiger partial charge on any atom is -0.198 e. The van der Waals surface area contributed by atoms with Crippen molar-refractivity contribution >= 4 is 21.5 Å². The predicted octanol–water partition coefficient (Wildman–Crippen LogP) is 3.46. The Morgan fingerprint density at radius 1 is 0.955 bits per heavy atom. The molecule has 0 heterocycles. The number of halogens is 3. The Hall–Kier alpha value is -2.00. The van der Waals surface area contributed by atoms with Gasteiger partial charge in [-0.1, -0.05) is 40.2 Å². The second kappa shape index (κ2) is 6.01. The molecule has 2 rings (SSSR count). The maximum Gasteiger partial charge on any atom is 0.417 e. The Kier molecular flexibility index (Phi) is 4.47. The van der Waals surface area contributed by atoms with Crippen molar-refractivity contribution in [3.8, 4) is 11.1 Å². The summed E-state index contributed by atoms with van der Waals surface area (Å²) < 4.78 is 76.7. The zero-order valence-corrected chi connectivity index (χ0v) is 12.4. The Labute approximate surface area is 127 Å². The standard InChI is InChI=1S/C13H8F3NO3S2/c14-13(15,16)10-7-4-8-11(22(19,20)17-21-18)12(10)9-5-2-1-3-6-9/h1-8H. The molecule has 0 saturated carbocycles. The molecule has 0 amide bonds. The molecule has 0 spiro atoms. The van der Waals surface area contributed by atoms with Gasteiger partial charge in [-0.15, -0.1) is 0 Å². The molecular weight excluding hydrogens is 339 g/mol. The summed E-state index contributed by atoms with van der Waals surface area (Å²) in [5.41, 5.74) is -1.56. The van der Waals surface area contributed by atoms with Crippen LogP contribution in [0, 0.1) is 0 Å². The molecule has 9 heteroatoms. The Morgan fingerprint density at radius 3 is 2.14 bits per heavy atom. The van der Waals surface area contributed by atoms with E-state index in [4.69, 9.17) is 0 Å². The van der Waals surface area contributed by atoms with Crippen LogP contribution in [0.2, 0.25) is 0 Å². The fourth-order valence-corrected chi connectivity index (χ4v) is 3.34. The molecule has 0 saturated heterocycles. The summed E-state index contributed by atoms with van der Waals surface area (Å²) in [6.07, 6.45) is -4.75. The number of sulfonamides is 1. The van der Waals surface area contributed by atoms with Gasteiger partial charge in [0.25, 0.3) is 10.0 Å². The van der Waals surface area contributed by atoms with Crippen LogP contribution < -0.4 is 0 Å². The van der Waals surface area contributed by atoms with Crippen molar-refractivity contribution in [2.24, 2.45) is 3.77 Å². The van der Waals surface area contributed by atoms with Crippen LogP contribution in [0.5, 0.6) is 0 Å². The fourth-order valence-electron chi connectivity index (χ4n) is 1.97. The van der Waals surface area contributed by atoms with Crippen LogP contribution in [-0.2, 0) is 27.7 Å². The third-order valence-corrected chi connectivity index (χ3v) is 4.73. The summed E-state index contributed by atoms with van der Waals surface area (Å²) in [6.45, 7) is 0. The Balaban J connectivity index is 2.90. The monoisotopic (exact) mass is 347 g/mol. The molecule has 0 bridgehead atoms. The second-order valence-corrected chi connectivity index (χ2v) is 6.30. The first kappa shape index (κ1) is 16.4. The predicted molar refractivity (Wildman–Crippen MR) is 74.6 cm³/mol. The van der Waals surface area contributed by atoms with Crippen molar-refractivity contribution in [3.63, 3.8) is 0 Å². The lowest BCUT2D eigenvalue weighted by Crippen LogP contribution is -2.10. The van der Waals surface area contributed by atoms with Crippen LogP contribution in [0.4, 0.5) is 13.2 Å². The molecule has 116 valence electrons. The van der Waals surface area contributed by atoms with Gasteiger partial charge in [-0.3, -0.25) is 0 Å². The largest absolute Gasteiger partial charge is 0.417 e. The minimum atomic E-state index is -4.75. The minimum absolute atomic E-state index is 0.0695. The van der Waals surface area contributed by atoms with Gasteiger partial charge >= 0.3 is 6.18 Å². The highest BCUT2D eigenvalue weighted by atomic mass is 32.2.